The molecule has 144 valence electrons. The number of thiophene rings is 1. The Morgan fingerprint density at radius 3 is 2.52 bits per heavy atom. The molecule has 2 aliphatic rings. The Bertz CT molecular complexity index is 1220. The average molecular weight is 404 g/mol. The van der Waals surface area contributed by atoms with Crippen molar-refractivity contribution in [2.24, 2.45) is 0 Å². The van der Waals surface area contributed by atoms with Gasteiger partial charge in [0.05, 0.1) is 17.0 Å². The van der Waals surface area contributed by atoms with Crippen molar-refractivity contribution in [3.8, 4) is 11.1 Å². The Hall–Kier alpha value is -3.45. The molecule has 29 heavy (non-hydrogen) atoms. The average Bonchev–Trinajstić information content (AvgIpc) is 3.21. The Morgan fingerprint density at radius 1 is 1.03 bits per heavy atom. The molecule has 6 nitrogen and oxygen atoms in total. The van der Waals surface area contributed by atoms with Gasteiger partial charge < -0.3 is 15.7 Å². The number of nitrogens with one attached hydrogen (secondary N) is 2. The van der Waals surface area contributed by atoms with Gasteiger partial charge in [0.25, 0.3) is 0 Å². The number of aromatic carboxylic acids is 1. The second-order valence-electron chi connectivity index (χ2n) is 7.26. The molecule has 0 radical (unpaired) electrons. The summed E-state index contributed by atoms with van der Waals surface area (Å²) in [5.41, 5.74) is 2.64. The van der Waals surface area contributed by atoms with Crippen molar-refractivity contribution in [2.75, 3.05) is 10.6 Å². The monoisotopic (exact) mass is 404 g/mol. The lowest BCUT2D eigenvalue weighted by atomic mass is 9.74. The number of carboxylic acids is 1. The Labute approximate surface area is 170 Å². The van der Waals surface area contributed by atoms with Gasteiger partial charge in [0, 0.05) is 11.3 Å². The molecule has 0 bridgehead atoms. The summed E-state index contributed by atoms with van der Waals surface area (Å²) in [6, 6.07) is 14.7. The number of carbonyl (C=O) groups is 3. The number of benzene rings is 2. The van der Waals surface area contributed by atoms with Gasteiger partial charge >= 0.3 is 5.97 Å². The summed E-state index contributed by atoms with van der Waals surface area (Å²) in [5, 5.41) is 15.6. The normalized spacial score (nSPS) is 19.5. The highest BCUT2D eigenvalue weighted by atomic mass is 32.1. The van der Waals surface area contributed by atoms with E-state index in [0.717, 1.165) is 22.5 Å². The lowest BCUT2D eigenvalue weighted by Crippen LogP contribution is -2.42. The summed E-state index contributed by atoms with van der Waals surface area (Å²) in [4.78, 5) is 38.8. The van der Waals surface area contributed by atoms with Gasteiger partial charge in [0.2, 0.25) is 11.8 Å². The maximum atomic E-state index is 13.3. The predicted octanol–water partition coefficient (Wildman–Crippen LogP) is 4.00. The molecule has 2 aliphatic heterocycles. The molecule has 1 atom stereocenters. The van der Waals surface area contributed by atoms with Crippen molar-refractivity contribution >= 4 is 40.5 Å². The lowest BCUT2D eigenvalue weighted by molar-refractivity contribution is -0.125. The number of aryl methyl sites for hydroxylation is 1. The van der Waals surface area contributed by atoms with Crippen molar-refractivity contribution in [3.05, 3.63) is 69.4 Å². The zero-order chi connectivity index (χ0) is 20.3. The molecule has 3 N–H and O–H groups in total. The molecule has 0 fully saturated rings. The van der Waals surface area contributed by atoms with E-state index in [9.17, 15) is 19.5 Å². The number of hydrogen-bond acceptors (Lipinski definition) is 4. The van der Waals surface area contributed by atoms with E-state index in [1.165, 1.54) is 0 Å². The molecule has 2 amide bonds. The molecule has 5 rings (SSSR count). The predicted molar refractivity (Wildman–Crippen MR) is 111 cm³/mol. The van der Waals surface area contributed by atoms with Crippen molar-refractivity contribution in [3.63, 3.8) is 0 Å². The highest BCUT2D eigenvalue weighted by Crippen LogP contribution is 2.56. The van der Waals surface area contributed by atoms with Gasteiger partial charge in [-0.3, -0.25) is 9.59 Å². The summed E-state index contributed by atoms with van der Waals surface area (Å²) in [5.74, 6) is -1.69. The minimum atomic E-state index is -1.22. The molecule has 0 saturated carbocycles. The van der Waals surface area contributed by atoms with Gasteiger partial charge in [0.1, 0.15) is 10.3 Å². The molecule has 1 aromatic heterocycles. The van der Waals surface area contributed by atoms with Gasteiger partial charge in [-0.25, -0.2) is 4.79 Å². The number of hydrogen-bond donors (Lipinski definition) is 3. The van der Waals surface area contributed by atoms with E-state index < -0.39 is 11.4 Å². The van der Waals surface area contributed by atoms with E-state index in [1.54, 1.807) is 12.1 Å². The summed E-state index contributed by atoms with van der Waals surface area (Å²) in [6.45, 7) is 1.90. The first-order valence-electron chi connectivity index (χ1n) is 9.11. The Morgan fingerprint density at radius 2 is 1.79 bits per heavy atom. The van der Waals surface area contributed by atoms with Crippen LogP contribution in [0.1, 0.15) is 32.1 Å². The number of carboxylic acid groups (broad SMARTS) is 1. The molecule has 1 unspecified atom stereocenters. The SMILES string of the molecule is Cc1cccc2c1NC(=O)C21CC(=O)Nc2c1sc(C(=O)O)c2-c1ccccc1. The van der Waals surface area contributed by atoms with Crippen LogP contribution >= 0.6 is 11.3 Å². The van der Waals surface area contributed by atoms with Crippen LogP contribution in [0.15, 0.2) is 48.5 Å². The van der Waals surface area contributed by atoms with Gasteiger partial charge in [-0.15, -0.1) is 11.3 Å². The summed E-state index contributed by atoms with van der Waals surface area (Å²) in [7, 11) is 0. The molecular weight excluding hydrogens is 388 g/mol. The zero-order valence-corrected chi connectivity index (χ0v) is 16.2. The van der Waals surface area contributed by atoms with E-state index in [-0.39, 0.29) is 23.1 Å². The first-order valence-corrected chi connectivity index (χ1v) is 9.92. The highest BCUT2D eigenvalue weighted by molar-refractivity contribution is 7.15. The van der Waals surface area contributed by atoms with E-state index in [4.69, 9.17) is 0 Å². The second-order valence-corrected chi connectivity index (χ2v) is 8.28. The van der Waals surface area contributed by atoms with E-state index in [1.807, 2.05) is 43.3 Å². The fourth-order valence-corrected chi connectivity index (χ4v) is 5.64. The third kappa shape index (κ3) is 2.31. The van der Waals surface area contributed by atoms with Crippen LogP contribution in [-0.2, 0) is 15.0 Å². The number of rotatable bonds is 2. The molecule has 0 aliphatic carbocycles. The number of anilines is 2. The third-order valence-corrected chi connectivity index (χ3v) is 6.94. The first-order chi connectivity index (χ1) is 13.9. The number of para-hydroxylation sites is 1. The number of carbonyl (C=O) groups excluding carboxylic acids is 2. The fourth-order valence-electron chi connectivity index (χ4n) is 4.32. The van der Waals surface area contributed by atoms with Crippen molar-refractivity contribution in [1.82, 2.24) is 0 Å². The summed E-state index contributed by atoms with van der Waals surface area (Å²) >= 11 is 1.06. The molecule has 3 heterocycles. The minimum Gasteiger partial charge on any atom is -0.477 e. The van der Waals surface area contributed by atoms with Crippen LogP contribution in [0.2, 0.25) is 0 Å². The maximum Gasteiger partial charge on any atom is 0.346 e. The van der Waals surface area contributed by atoms with Gasteiger partial charge in [0.15, 0.2) is 0 Å². The largest absolute Gasteiger partial charge is 0.477 e. The quantitative estimate of drug-likeness (QED) is 0.602. The van der Waals surface area contributed by atoms with Crippen LogP contribution in [0.4, 0.5) is 11.4 Å². The minimum absolute atomic E-state index is 0.0594. The molecule has 2 aromatic carbocycles. The topological polar surface area (TPSA) is 95.5 Å². The van der Waals surface area contributed by atoms with Gasteiger partial charge in [-0.05, 0) is 23.6 Å². The maximum absolute atomic E-state index is 13.3. The standard InChI is InChI=1S/C22H16N2O4S/c1-11-6-5-9-13-16(11)24-21(28)22(13)10-14(25)23-17-15(12-7-3-2-4-8-12)18(20(26)27)29-19(17)22/h2-9H,10H2,1H3,(H,23,25)(H,24,28)(H,26,27). The third-order valence-electron chi connectivity index (χ3n) is 5.60. The number of amides is 2. The zero-order valence-electron chi connectivity index (χ0n) is 15.4. The summed E-state index contributed by atoms with van der Waals surface area (Å²) < 4.78 is 0. The van der Waals surface area contributed by atoms with Crippen LogP contribution in [0.25, 0.3) is 11.1 Å². The lowest BCUT2D eigenvalue weighted by Gasteiger charge is -2.31. The molecule has 7 heteroatoms. The van der Waals surface area contributed by atoms with Gasteiger partial charge in [-0.2, -0.15) is 0 Å². The van der Waals surface area contributed by atoms with Crippen molar-refractivity contribution < 1.29 is 19.5 Å². The smallest absolute Gasteiger partial charge is 0.346 e. The van der Waals surface area contributed by atoms with Crippen molar-refractivity contribution in [1.29, 1.82) is 0 Å². The first kappa shape index (κ1) is 17.6. The Kier molecular flexibility index (Phi) is 3.66. The second kappa shape index (κ2) is 6.02. The fraction of sp³-hybridized carbons (Fsp3) is 0.136. The van der Waals surface area contributed by atoms with Crippen LogP contribution in [0, 0.1) is 6.92 Å². The molecule has 3 aromatic rings. The van der Waals surface area contributed by atoms with Crippen LogP contribution in [-0.4, -0.2) is 22.9 Å². The molecular formula is C22H16N2O4S. The van der Waals surface area contributed by atoms with Crippen LogP contribution in [0.3, 0.4) is 0 Å². The molecule has 1 spiro atoms. The van der Waals surface area contributed by atoms with Crippen LogP contribution < -0.4 is 10.6 Å². The van der Waals surface area contributed by atoms with Gasteiger partial charge in [-0.1, -0.05) is 48.5 Å². The Balaban J connectivity index is 1.87. The van der Waals surface area contributed by atoms with E-state index in [2.05, 4.69) is 10.6 Å². The van der Waals surface area contributed by atoms with Crippen LogP contribution in [0.5, 0.6) is 0 Å². The highest BCUT2D eigenvalue weighted by Gasteiger charge is 2.55. The van der Waals surface area contributed by atoms with E-state index >= 15 is 0 Å². The summed E-state index contributed by atoms with van der Waals surface area (Å²) in [6.07, 6.45) is -0.0594. The molecule has 0 saturated heterocycles. The van der Waals surface area contributed by atoms with E-state index in [0.29, 0.717) is 27.4 Å². The van der Waals surface area contributed by atoms with Crippen molar-refractivity contribution in [2.45, 2.75) is 18.8 Å². The number of fused-ring (bicyclic) bond motifs is 4.